The third-order valence-corrected chi connectivity index (χ3v) is 2.78. The fourth-order valence-electron chi connectivity index (χ4n) is 0.430. The van der Waals surface area contributed by atoms with E-state index in [0.717, 1.165) is 12.2 Å². The molecule has 1 fully saturated rings. The minimum atomic E-state index is 0.0382. The molecule has 1 heterocycles. The molecule has 1 saturated heterocycles. The van der Waals surface area contributed by atoms with E-state index in [1.807, 2.05) is 0 Å². The summed E-state index contributed by atoms with van der Waals surface area (Å²) in [4.78, 5) is 10.3. The Kier molecular flexibility index (Phi) is 1.65. The molecule has 0 bridgehead atoms. The van der Waals surface area contributed by atoms with Crippen LogP contribution in [0, 0.1) is 0 Å². The van der Waals surface area contributed by atoms with Crippen molar-refractivity contribution >= 4 is 29.5 Å². The number of thiol groups is 1. The van der Waals surface area contributed by atoms with Gasteiger partial charge in [0.25, 0.3) is 0 Å². The highest BCUT2D eigenvalue weighted by Gasteiger charge is 2.22. The zero-order chi connectivity index (χ0) is 5.28. The molecule has 1 unspecified atom stereocenters. The van der Waals surface area contributed by atoms with Crippen LogP contribution in [0.3, 0.4) is 0 Å². The summed E-state index contributed by atoms with van der Waals surface area (Å²) < 4.78 is 0. The molecule has 1 nitrogen and oxygen atoms in total. The lowest BCUT2D eigenvalue weighted by Crippen LogP contribution is -2.21. The monoisotopic (exact) mass is 134 g/mol. The van der Waals surface area contributed by atoms with E-state index in [9.17, 15) is 4.79 Å². The molecule has 0 N–H and O–H groups in total. The Morgan fingerprint density at radius 1 is 1.86 bits per heavy atom. The maximum absolute atomic E-state index is 10.3. The third-order valence-electron chi connectivity index (χ3n) is 0.975. The molecule has 1 aliphatic rings. The highest BCUT2D eigenvalue weighted by Crippen LogP contribution is 2.28. The molecule has 0 aromatic heterocycles. The molecule has 1 atom stereocenters. The average Bonchev–Trinajstić information content (AvgIpc) is 1.23. The summed E-state index contributed by atoms with van der Waals surface area (Å²) in [7, 11) is 0. The van der Waals surface area contributed by atoms with Crippen LogP contribution in [0.5, 0.6) is 0 Å². The number of thioether (sulfide) groups is 1. The Bertz CT molecular complexity index is 87.7. The Balaban J connectivity index is 2.27. The fraction of sp³-hybridized carbons (Fsp3) is 0.750. The second-order valence-corrected chi connectivity index (χ2v) is 3.24. The quantitative estimate of drug-likeness (QED) is 0.538. The average molecular weight is 134 g/mol. The molecule has 0 aromatic rings. The predicted molar refractivity (Wildman–Crippen MR) is 34.9 cm³/mol. The summed E-state index contributed by atoms with van der Waals surface area (Å²) in [5, 5.41) is 0.264. The van der Waals surface area contributed by atoms with Gasteiger partial charge in [-0.2, -0.15) is 0 Å². The van der Waals surface area contributed by atoms with Crippen molar-refractivity contribution < 1.29 is 4.79 Å². The van der Waals surface area contributed by atoms with Crippen LogP contribution < -0.4 is 0 Å². The lowest BCUT2D eigenvalue weighted by atomic mass is 10.3. The van der Waals surface area contributed by atoms with Crippen LogP contribution in [-0.4, -0.2) is 16.1 Å². The van der Waals surface area contributed by atoms with Crippen molar-refractivity contribution in [3.63, 3.8) is 0 Å². The maximum atomic E-state index is 10.3. The van der Waals surface area contributed by atoms with Gasteiger partial charge in [-0.1, -0.05) is 0 Å². The summed E-state index contributed by atoms with van der Waals surface area (Å²) in [5.41, 5.74) is 0. The second-order valence-electron chi connectivity index (χ2n) is 1.49. The van der Waals surface area contributed by atoms with Gasteiger partial charge in [-0.15, -0.1) is 24.4 Å². The first-order valence-electron chi connectivity index (χ1n) is 2.15. The number of carbonyl (C=O) groups excluding carboxylic acids is 1. The first-order valence-corrected chi connectivity index (χ1v) is 3.65. The highest BCUT2D eigenvalue weighted by atomic mass is 32.2. The molecule has 0 radical (unpaired) electrons. The van der Waals surface area contributed by atoms with Crippen LogP contribution in [0.15, 0.2) is 0 Å². The second kappa shape index (κ2) is 2.09. The van der Waals surface area contributed by atoms with Crippen LogP contribution >= 0.6 is 24.4 Å². The van der Waals surface area contributed by atoms with E-state index in [4.69, 9.17) is 0 Å². The van der Waals surface area contributed by atoms with Gasteiger partial charge in [0.15, 0.2) is 5.12 Å². The zero-order valence-electron chi connectivity index (χ0n) is 3.76. The highest BCUT2D eigenvalue weighted by molar-refractivity contribution is 8.06. The molecule has 3 heteroatoms. The van der Waals surface area contributed by atoms with Crippen molar-refractivity contribution in [3.8, 4) is 0 Å². The summed E-state index contributed by atoms with van der Waals surface area (Å²) in [6, 6.07) is 0. The zero-order valence-corrected chi connectivity index (χ0v) is 5.47. The van der Waals surface area contributed by atoms with Gasteiger partial charge in [0, 0.05) is 0 Å². The Labute approximate surface area is 52.3 Å². The molecule has 0 aromatic carbocycles. The van der Waals surface area contributed by atoms with Crippen LogP contribution in [0.4, 0.5) is 0 Å². The standard InChI is InChI=1S/C4H6OS2/c5-4(6)3-1-2-7-3/h3H,1-2H2,(H,5,6). The van der Waals surface area contributed by atoms with E-state index < -0.39 is 0 Å². The smallest absolute Gasteiger partial charge is 0.198 e. The number of hydrogen-bond donors (Lipinski definition) is 1. The number of rotatable bonds is 1. The molecule has 7 heavy (non-hydrogen) atoms. The van der Waals surface area contributed by atoms with E-state index in [1.165, 1.54) is 0 Å². The van der Waals surface area contributed by atoms with Crippen molar-refractivity contribution in [1.82, 2.24) is 0 Å². The van der Waals surface area contributed by atoms with Gasteiger partial charge < -0.3 is 0 Å². The predicted octanol–water partition coefficient (Wildman–Crippen LogP) is 0.948. The van der Waals surface area contributed by atoms with Crippen LogP contribution in [0.1, 0.15) is 6.42 Å². The molecule has 0 spiro atoms. The van der Waals surface area contributed by atoms with Crippen molar-refractivity contribution in [1.29, 1.82) is 0 Å². The van der Waals surface area contributed by atoms with Gasteiger partial charge in [0.2, 0.25) is 0 Å². The van der Waals surface area contributed by atoms with Gasteiger partial charge in [-0.25, -0.2) is 0 Å². The summed E-state index contributed by atoms with van der Waals surface area (Å²) in [5.74, 6) is 1.14. The summed E-state index contributed by atoms with van der Waals surface area (Å²) in [6.45, 7) is 0. The molecule has 0 saturated carbocycles. The molecule has 1 rings (SSSR count). The summed E-state index contributed by atoms with van der Waals surface area (Å²) in [6.07, 6.45) is 1.03. The SMILES string of the molecule is O=C(S)C1CCS1. The van der Waals surface area contributed by atoms with Crippen LogP contribution in [-0.2, 0) is 4.79 Å². The third kappa shape index (κ3) is 1.13. The van der Waals surface area contributed by atoms with Gasteiger partial charge in [-0.3, -0.25) is 4.79 Å². The van der Waals surface area contributed by atoms with E-state index in [1.54, 1.807) is 11.8 Å². The largest absolute Gasteiger partial charge is 0.286 e. The van der Waals surface area contributed by atoms with Gasteiger partial charge in [-0.05, 0) is 12.2 Å². The summed E-state index contributed by atoms with van der Waals surface area (Å²) >= 11 is 5.35. The molecule has 0 amide bonds. The maximum Gasteiger partial charge on any atom is 0.198 e. The molecule has 40 valence electrons. The Morgan fingerprint density at radius 2 is 2.43 bits per heavy atom. The van der Waals surface area contributed by atoms with Crippen molar-refractivity contribution in [2.75, 3.05) is 5.75 Å². The minimum absolute atomic E-state index is 0.0382. The lowest BCUT2D eigenvalue weighted by Gasteiger charge is -2.20. The first kappa shape index (κ1) is 5.51. The van der Waals surface area contributed by atoms with E-state index in [2.05, 4.69) is 12.6 Å². The minimum Gasteiger partial charge on any atom is -0.286 e. The Hall–Kier alpha value is 0.370. The van der Waals surface area contributed by atoms with Crippen molar-refractivity contribution in [2.45, 2.75) is 11.7 Å². The number of hydrogen-bond acceptors (Lipinski definition) is 2. The normalized spacial score (nSPS) is 29.0. The first-order chi connectivity index (χ1) is 3.30. The topological polar surface area (TPSA) is 17.1 Å². The fourth-order valence-corrected chi connectivity index (χ4v) is 1.40. The van der Waals surface area contributed by atoms with Gasteiger partial charge in [0.05, 0.1) is 5.25 Å². The van der Waals surface area contributed by atoms with Crippen molar-refractivity contribution in [3.05, 3.63) is 0 Å². The molecular weight excluding hydrogens is 128 g/mol. The van der Waals surface area contributed by atoms with E-state index >= 15 is 0 Å². The van der Waals surface area contributed by atoms with E-state index in [-0.39, 0.29) is 10.4 Å². The van der Waals surface area contributed by atoms with E-state index in [0.29, 0.717) is 0 Å². The lowest BCUT2D eigenvalue weighted by molar-refractivity contribution is -0.110. The number of carbonyl (C=O) groups is 1. The Morgan fingerprint density at radius 3 is 2.43 bits per heavy atom. The molecule has 0 aliphatic carbocycles. The van der Waals surface area contributed by atoms with Gasteiger partial charge in [0.1, 0.15) is 0 Å². The van der Waals surface area contributed by atoms with Crippen LogP contribution in [0.2, 0.25) is 0 Å². The van der Waals surface area contributed by atoms with Crippen LogP contribution in [0.25, 0.3) is 0 Å². The van der Waals surface area contributed by atoms with Crippen molar-refractivity contribution in [2.24, 2.45) is 0 Å². The molecule has 1 aliphatic heterocycles. The molecular formula is C4H6OS2. The van der Waals surface area contributed by atoms with Gasteiger partial charge >= 0.3 is 0 Å².